The summed E-state index contributed by atoms with van der Waals surface area (Å²) in [6.45, 7) is 3.79. The second-order valence-corrected chi connectivity index (χ2v) is 4.53. The van der Waals surface area contributed by atoms with Gasteiger partial charge in [-0.3, -0.25) is 9.36 Å². The molecule has 0 fully saturated rings. The number of nitrogens with zero attached hydrogens (tertiary/aromatic N) is 5. The van der Waals surface area contributed by atoms with Gasteiger partial charge in [-0.2, -0.15) is 5.10 Å². The Balaban J connectivity index is 1.85. The maximum Gasteiger partial charge on any atom is 0.147 e. The molecule has 0 aromatic carbocycles. The van der Waals surface area contributed by atoms with E-state index in [9.17, 15) is 0 Å². The van der Waals surface area contributed by atoms with E-state index in [2.05, 4.69) is 27.7 Å². The normalized spacial score (nSPS) is 10.8. The molecule has 19 heavy (non-hydrogen) atoms. The van der Waals surface area contributed by atoms with Crippen LogP contribution in [0.15, 0.2) is 12.4 Å². The third-order valence-electron chi connectivity index (χ3n) is 2.98. The topological polar surface area (TPSA) is 86.6 Å². The van der Waals surface area contributed by atoms with E-state index < -0.39 is 0 Å². The summed E-state index contributed by atoms with van der Waals surface area (Å²) in [5.74, 6) is 0.905. The van der Waals surface area contributed by atoms with Gasteiger partial charge in [0.25, 0.3) is 0 Å². The average Bonchev–Trinajstić information content (AvgIpc) is 2.98. The van der Waals surface area contributed by atoms with E-state index >= 15 is 0 Å². The number of hydrogen-bond donors (Lipinski definition) is 2. The molecule has 2 aromatic heterocycles. The van der Waals surface area contributed by atoms with Crippen LogP contribution in [0.4, 0.5) is 11.5 Å². The van der Waals surface area contributed by atoms with E-state index in [0.717, 1.165) is 49.6 Å². The maximum atomic E-state index is 6.09. The molecule has 0 spiro atoms. The van der Waals surface area contributed by atoms with Crippen molar-refractivity contribution in [2.24, 2.45) is 7.05 Å². The number of nitrogens with one attached hydrogen (secondary N) is 1. The molecule has 0 bridgehead atoms. The van der Waals surface area contributed by atoms with Crippen molar-refractivity contribution in [3.8, 4) is 0 Å². The molecule has 7 nitrogen and oxygen atoms in total. The Labute approximate surface area is 112 Å². The number of nitrogen functional groups attached to an aromatic ring is 1. The summed E-state index contributed by atoms with van der Waals surface area (Å²) in [5.41, 5.74) is 7.84. The van der Waals surface area contributed by atoms with Crippen molar-refractivity contribution in [2.45, 2.75) is 32.7 Å². The van der Waals surface area contributed by atoms with Crippen LogP contribution < -0.4 is 11.1 Å². The zero-order valence-electron chi connectivity index (χ0n) is 11.5. The zero-order chi connectivity index (χ0) is 13.7. The van der Waals surface area contributed by atoms with E-state index in [1.54, 1.807) is 6.20 Å². The molecule has 2 rings (SSSR count). The van der Waals surface area contributed by atoms with Crippen molar-refractivity contribution in [3.05, 3.63) is 18.1 Å². The van der Waals surface area contributed by atoms with Crippen molar-refractivity contribution in [1.29, 1.82) is 0 Å². The summed E-state index contributed by atoms with van der Waals surface area (Å²) < 4.78 is 3.63. The molecule has 7 heteroatoms. The maximum absolute atomic E-state index is 6.09. The van der Waals surface area contributed by atoms with Crippen LogP contribution in [0.1, 0.15) is 25.5 Å². The minimum absolute atomic E-state index is 0.769. The third kappa shape index (κ3) is 3.24. The van der Waals surface area contributed by atoms with E-state index in [-0.39, 0.29) is 0 Å². The lowest BCUT2D eigenvalue weighted by Gasteiger charge is -2.07. The summed E-state index contributed by atoms with van der Waals surface area (Å²) in [6, 6.07) is 0. The molecule has 0 aliphatic heterocycles. The molecule has 2 heterocycles. The molecular weight excluding hydrogens is 242 g/mol. The van der Waals surface area contributed by atoms with Gasteiger partial charge in [0.2, 0.25) is 0 Å². The monoisotopic (exact) mass is 263 g/mol. The number of hydrogen-bond acceptors (Lipinski definition) is 5. The van der Waals surface area contributed by atoms with Crippen LogP contribution in [0.25, 0.3) is 0 Å². The lowest BCUT2D eigenvalue weighted by Crippen LogP contribution is -2.10. The molecule has 0 saturated heterocycles. The minimum atomic E-state index is 0.769. The van der Waals surface area contributed by atoms with Crippen LogP contribution in [-0.4, -0.2) is 31.3 Å². The summed E-state index contributed by atoms with van der Waals surface area (Å²) in [4.78, 5) is 0. The van der Waals surface area contributed by atoms with Gasteiger partial charge in [0.15, 0.2) is 0 Å². The summed E-state index contributed by atoms with van der Waals surface area (Å²) in [5, 5.41) is 15.5. The van der Waals surface area contributed by atoms with Gasteiger partial charge in [0, 0.05) is 26.3 Å². The highest BCUT2D eigenvalue weighted by molar-refractivity contribution is 5.64. The Hall–Kier alpha value is -2.05. The highest BCUT2D eigenvalue weighted by Crippen LogP contribution is 2.22. The Morgan fingerprint density at radius 2 is 2.26 bits per heavy atom. The molecule has 0 radical (unpaired) electrons. The van der Waals surface area contributed by atoms with E-state index in [1.165, 1.54) is 0 Å². The van der Waals surface area contributed by atoms with Crippen LogP contribution >= 0.6 is 0 Å². The summed E-state index contributed by atoms with van der Waals surface area (Å²) in [6.07, 6.45) is 6.46. The number of anilines is 2. The Morgan fingerprint density at radius 1 is 1.42 bits per heavy atom. The number of aryl methyl sites for hydroxylation is 3. The standard InChI is InChI=1S/C12H21N7/c1-3-5-10-11(13)12(18(2)16-10)14-6-4-8-19-9-7-15-17-19/h7,9,14H,3-6,8,13H2,1-2H3. The zero-order valence-corrected chi connectivity index (χ0v) is 11.5. The first-order valence-electron chi connectivity index (χ1n) is 6.61. The lowest BCUT2D eigenvalue weighted by molar-refractivity contribution is 0.568. The smallest absolute Gasteiger partial charge is 0.147 e. The molecule has 0 aliphatic carbocycles. The third-order valence-corrected chi connectivity index (χ3v) is 2.98. The molecule has 104 valence electrons. The predicted octanol–water partition coefficient (Wildman–Crippen LogP) is 1.05. The SMILES string of the molecule is CCCc1nn(C)c(NCCCn2ccnn2)c1N. The molecule has 2 aromatic rings. The van der Waals surface area contributed by atoms with Gasteiger partial charge in [-0.05, 0) is 12.8 Å². The van der Waals surface area contributed by atoms with Crippen molar-refractivity contribution in [3.63, 3.8) is 0 Å². The Kier molecular flexibility index (Phi) is 4.38. The van der Waals surface area contributed by atoms with Crippen LogP contribution in [0, 0.1) is 0 Å². The van der Waals surface area contributed by atoms with Crippen LogP contribution in [0.3, 0.4) is 0 Å². The van der Waals surface area contributed by atoms with Gasteiger partial charge < -0.3 is 11.1 Å². The van der Waals surface area contributed by atoms with Crippen molar-refractivity contribution >= 4 is 11.5 Å². The van der Waals surface area contributed by atoms with Gasteiger partial charge in [0.05, 0.1) is 17.6 Å². The predicted molar refractivity (Wildman–Crippen MR) is 74.7 cm³/mol. The van der Waals surface area contributed by atoms with Crippen molar-refractivity contribution < 1.29 is 0 Å². The fourth-order valence-corrected chi connectivity index (χ4v) is 2.03. The minimum Gasteiger partial charge on any atom is -0.394 e. The average molecular weight is 263 g/mol. The molecule has 0 unspecified atom stereocenters. The quantitative estimate of drug-likeness (QED) is 0.729. The van der Waals surface area contributed by atoms with Gasteiger partial charge >= 0.3 is 0 Å². The second-order valence-electron chi connectivity index (χ2n) is 4.53. The van der Waals surface area contributed by atoms with E-state index in [1.807, 2.05) is 22.6 Å². The van der Waals surface area contributed by atoms with Crippen LogP contribution in [-0.2, 0) is 20.0 Å². The Bertz CT molecular complexity index is 500. The highest BCUT2D eigenvalue weighted by atomic mass is 15.4. The van der Waals surface area contributed by atoms with Crippen LogP contribution in [0.2, 0.25) is 0 Å². The molecule has 0 amide bonds. The lowest BCUT2D eigenvalue weighted by atomic mass is 10.2. The number of rotatable bonds is 7. The van der Waals surface area contributed by atoms with E-state index in [0.29, 0.717) is 0 Å². The largest absolute Gasteiger partial charge is 0.394 e. The fourth-order valence-electron chi connectivity index (χ4n) is 2.03. The van der Waals surface area contributed by atoms with Crippen molar-refractivity contribution in [1.82, 2.24) is 24.8 Å². The molecule has 0 atom stereocenters. The van der Waals surface area contributed by atoms with Gasteiger partial charge in [-0.1, -0.05) is 18.6 Å². The number of nitrogens with two attached hydrogens (primary N) is 1. The summed E-state index contributed by atoms with van der Waals surface area (Å²) >= 11 is 0. The number of aromatic nitrogens is 5. The first kappa shape index (κ1) is 13.4. The van der Waals surface area contributed by atoms with Gasteiger partial charge in [-0.25, -0.2) is 0 Å². The molecule has 3 N–H and O–H groups in total. The second kappa shape index (κ2) is 6.21. The van der Waals surface area contributed by atoms with Gasteiger partial charge in [-0.15, -0.1) is 5.10 Å². The first-order valence-corrected chi connectivity index (χ1v) is 6.61. The molecule has 0 saturated carbocycles. The molecular formula is C12H21N7. The fraction of sp³-hybridized carbons (Fsp3) is 0.583. The van der Waals surface area contributed by atoms with Crippen molar-refractivity contribution in [2.75, 3.05) is 17.6 Å². The summed E-state index contributed by atoms with van der Waals surface area (Å²) in [7, 11) is 1.91. The van der Waals surface area contributed by atoms with Gasteiger partial charge in [0.1, 0.15) is 5.82 Å². The molecule has 0 aliphatic rings. The Morgan fingerprint density at radius 3 is 2.95 bits per heavy atom. The van der Waals surface area contributed by atoms with Crippen LogP contribution in [0.5, 0.6) is 0 Å². The highest BCUT2D eigenvalue weighted by Gasteiger charge is 2.11. The first-order chi connectivity index (χ1) is 9.22. The van der Waals surface area contributed by atoms with E-state index in [4.69, 9.17) is 5.73 Å².